The minimum Gasteiger partial charge on any atom is -0.489 e. The van der Waals surface area contributed by atoms with Crippen LogP contribution < -0.4 is 18.9 Å². The van der Waals surface area contributed by atoms with Gasteiger partial charge in [0.2, 0.25) is 0 Å². The highest BCUT2D eigenvalue weighted by Gasteiger charge is 2.17. The SMILES string of the molecule is c1c#cc2ccc3ccc4c(c3c2)c2c(ccc3ccc(c#cc#cc5ccc6ccc7c(c6c5)c5c(ccc6ccc(c#1)cc65)OCCO7)cc32)OCCO4. The number of fused-ring (bicyclic) bond motifs is 4. The molecule has 0 spiro atoms. The Bertz CT molecular complexity index is 2830. The molecule has 4 heteroatoms. The first-order chi connectivity index (χ1) is 27.7. The minimum absolute atomic E-state index is 0.438. The van der Waals surface area contributed by atoms with Crippen molar-refractivity contribution >= 4 is 86.2 Å². The fourth-order valence-electron chi connectivity index (χ4n) is 8.04. The van der Waals surface area contributed by atoms with Crippen LogP contribution in [-0.2, 0) is 0 Å². The van der Waals surface area contributed by atoms with E-state index in [1.54, 1.807) is 0 Å². The Morgan fingerprint density at radius 3 is 0.768 bits per heavy atom. The molecule has 9 aromatic rings. The summed E-state index contributed by atoms with van der Waals surface area (Å²) in [4.78, 5) is 0. The fraction of sp³-hybridized carbons (Fsp3) is 0.0769. The molecule has 56 heavy (non-hydrogen) atoms. The van der Waals surface area contributed by atoms with E-state index in [0.29, 0.717) is 26.4 Å². The van der Waals surface area contributed by atoms with E-state index in [4.69, 9.17) is 18.9 Å². The highest BCUT2D eigenvalue weighted by atomic mass is 16.5. The molecule has 0 atom stereocenters. The van der Waals surface area contributed by atoms with Crippen molar-refractivity contribution in [3.8, 4) is 23.0 Å². The summed E-state index contributed by atoms with van der Waals surface area (Å²) in [5, 5.41) is 15.7. The van der Waals surface area contributed by atoms with E-state index in [2.05, 4.69) is 146 Å². The van der Waals surface area contributed by atoms with Crippen molar-refractivity contribution in [1.29, 1.82) is 0 Å². The van der Waals surface area contributed by atoms with Crippen molar-refractivity contribution in [2.45, 2.75) is 0 Å². The van der Waals surface area contributed by atoms with E-state index in [0.717, 1.165) is 109 Å². The van der Waals surface area contributed by atoms with Crippen LogP contribution in [0.5, 0.6) is 23.0 Å². The number of hydrogen-bond donors (Lipinski definition) is 0. The zero-order valence-electron chi connectivity index (χ0n) is 30.0. The Morgan fingerprint density at radius 2 is 0.518 bits per heavy atom. The lowest BCUT2D eigenvalue weighted by Crippen LogP contribution is -2.11. The van der Waals surface area contributed by atoms with Crippen LogP contribution in [0.2, 0.25) is 0 Å². The molecule has 0 fully saturated rings. The van der Waals surface area contributed by atoms with Crippen molar-refractivity contribution in [2.24, 2.45) is 0 Å². The van der Waals surface area contributed by atoms with E-state index in [1.165, 1.54) is 0 Å². The summed E-state index contributed by atoms with van der Waals surface area (Å²) in [5.74, 6) is 3.21. The smallest absolute Gasteiger partial charge is 0.128 e. The van der Waals surface area contributed by atoms with Crippen molar-refractivity contribution in [2.75, 3.05) is 26.4 Å². The summed E-state index contributed by atoms with van der Waals surface area (Å²) in [6, 6.07) is 67.4. The van der Waals surface area contributed by atoms with Gasteiger partial charge in [-0.3, -0.25) is 0 Å². The van der Waals surface area contributed by atoms with Gasteiger partial charge in [-0.25, -0.2) is 0 Å². The van der Waals surface area contributed by atoms with Crippen LogP contribution >= 0.6 is 0 Å². The van der Waals surface area contributed by atoms with Gasteiger partial charge in [-0.15, -0.1) is 0 Å². The molecule has 260 valence electrons. The van der Waals surface area contributed by atoms with Gasteiger partial charge < -0.3 is 18.9 Å². The molecule has 2 heterocycles. The monoisotopic (exact) mass is 716 g/mol. The normalized spacial score (nSPS) is 12.7. The molecule has 0 unspecified atom stereocenters. The maximum atomic E-state index is 6.33. The molecule has 0 amide bonds. The molecular weight excluding hydrogens is 689 g/mol. The summed E-state index contributed by atoms with van der Waals surface area (Å²) in [6.07, 6.45) is 0. The maximum absolute atomic E-state index is 6.33. The molecule has 11 rings (SSSR count). The summed E-state index contributed by atoms with van der Waals surface area (Å²) in [6.45, 7) is 1.75. The topological polar surface area (TPSA) is 36.9 Å². The van der Waals surface area contributed by atoms with Gasteiger partial charge in [0.25, 0.3) is 0 Å². The molecular formula is C52H28O4. The lowest BCUT2D eigenvalue weighted by molar-refractivity contribution is 0.218. The van der Waals surface area contributed by atoms with Gasteiger partial charge in [-0.05, 0) is 140 Å². The lowest BCUT2D eigenvalue weighted by Gasteiger charge is -2.18. The predicted molar refractivity (Wildman–Crippen MR) is 223 cm³/mol. The fourth-order valence-corrected chi connectivity index (χ4v) is 8.04. The Balaban J connectivity index is 1.26. The summed E-state index contributed by atoms with van der Waals surface area (Å²) in [5.41, 5.74) is 0. The molecule has 0 saturated carbocycles. The second-order valence-electron chi connectivity index (χ2n) is 13.9. The summed E-state index contributed by atoms with van der Waals surface area (Å²) < 4.78 is 25.3. The molecule has 0 saturated heterocycles. The van der Waals surface area contributed by atoms with Crippen LogP contribution in [0.15, 0.2) is 121 Å². The quantitative estimate of drug-likeness (QED) is 0.157. The summed E-state index contributed by atoms with van der Waals surface area (Å²) >= 11 is 0. The van der Waals surface area contributed by atoms with Gasteiger partial charge in [0, 0.05) is 43.1 Å². The molecule has 0 aromatic heterocycles. The van der Waals surface area contributed by atoms with E-state index in [9.17, 15) is 0 Å². The Morgan fingerprint density at radius 1 is 0.286 bits per heavy atom. The summed E-state index contributed by atoms with van der Waals surface area (Å²) in [7, 11) is 0. The average Bonchev–Trinajstić information content (AvgIpc) is 3.21. The van der Waals surface area contributed by atoms with Gasteiger partial charge >= 0.3 is 0 Å². The number of ether oxygens (including phenoxy) is 4. The molecule has 9 aromatic carbocycles. The first-order valence-corrected chi connectivity index (χ1v) is 18.6. The number of benzene rings is 8. The third-order valence-electron chi connectivity index (χ3n) is 10.6. The van der Waals surface area contributed by atoms with E-state index < -0.39 is 0 Å². The van der Waals surface area contributed by atoms with Gasteiger partial charge in [0.05, 0.1) is 0 Å². The number of hydrogen-bond acceptors (Lipinski definition) is 4. The minimum atomic E-state index is 0.438. The largest absolute Gasteiger partial charge is 0.489 e. The van der Waals surface area contributed by atoms with Crippen LogP contribution in [0, 0.1) is 48.5 Å². The Hall–Kier alpha value is -7.76. The second-order valence-corrected chi connectivity index (χ2v) is 13.9. The van der Waals surface area contributed by atoms with Gasteiger partial charge in [-0.1, -0.05) is 72.8 Å². The van der Waals surface area contributed by atoms with Gasteiger partial charge in [-0.2, -0.15) is 0 Å². The van der Waals surface area contributed by atoms with E-state index in [-0.39, 0.29) is 0 Å². The van der Waals surface area contributed by atoms with Crippen LogP contribution in [0.1, 0.15) is 0 Å². The van der Waals surface area contributed by atoms with Crippen LogP contribution in [0.25, 0.3) is 86.2 Å². The first kappa shape index (κ1) is 31.7. The highest BCUT2D eigenvalue weighted by Crippen LogP contribution is 2.43. The van der Waals surface area contributed by atoms with Crippen LogP contribution in [-0.4, -0.2) is 26.4 Å². The van der Waals surface area contributed by atoms with E-state index in [1.807, 2.05) is 24.3 Å². The molecule has 0 radical (unpaired) electrons. The molecule has 2 aliphatic heterocycles. The highest BCUT2D eigenvalue weighted by molar-refractivity contribution is 6.22. The Kier molecular flexibility index (Phi) is 7.35. The molecule has 0 N–H and O–H groups in total. The lowest BCUT2D eigenvalue weighted by atomic mass is 9.96. The Labute approximate surface area is 323 Å². The zero-order valence-corrected chi connectivity index (χ0v) is 30.0. The van der Waals surface area contributed by atoms with Crippen LogP contribution in [0.3, 0.4) is 0 Å². The standard InChI is InChI=1S/C52H28O4/c1-2-6-34-10-14-38-18-22-46-50(42(38)30-34)52-44-32-36(12-16-40(44)20-24-48(52)56-28-27-54-46)8-4-3-7-35-11-15-39-19-23-47-51(43(39)31-35)49-41-29-33(5-1)9-13-37(41)17-21-45(49)53-25-26-55-47/h9-24,29-32H,25-28H2. The third-order valence-corrected chi connectivity index (χ3v) is 10.6. The average molecular weight is 717 g/mol. The predicted octanol–water partition coefficient (Wildman–Crippen LogP) is 11.7. The molecule has 4 nitrogen and oxygen atoms in total. The van der Waals surface area contributed by atoms with E-state index >= 15 is 0 Å². The third kappa shape index (κ3) is 5.41. The van der Waals surface area contributed by atoms with Gasteiger partial charge in [0.1, 0.15) is 49.4 Å². The van der Waals surface area contributed by atoms with Crippen molar-refractivity contribution < 1.29 is 18.9 Å². The van der Waals surface area contributed by atoms with Crippen molar-refractivity contribution in [3.05, 3.63) is 170 Å². The molecule has 8 bridgehead atoms. The molecule has 0 aliphatic carbocycles. The van der Waals surface area contributed by atoms with Crippen LogP contribution in [0.4, 0.5) is 0 Å². The maximum Gasteiger partial charge on any atom is 0.128 e. The van der Waals surface area contributed by atoms with Gasteiger partial charge in [0.15, 0.2) is 0 Å². The molecule has 2 aliphatic rings. The number of rotatable bonds is 0. The zero-order chi connectivity index (χ0) is 37.0. The first-order valence-electron chi connectivity index (χ1n) is 18.6. The van der Waals surface area contributed by atoms with Crippen molar-refractivity contribution in [1.82, 2.24) is 0 Å². The second kappa shape index (κ2) is 13.0. The van der Waals surface area contributed by atoms with Crippen molar-refractivity contribution in [3.63, 3.8) is 0 Å².